The first-order chi connectivity index (χ1) is 7.26. The molecule has 0 fully saturated rings. The Kier molecular flexibility index (Phi) is 2.27. The van der Waals surface area contributed by atoms with Crippen molar-refractivity contribution in [3.05, 3.63) is 34.3 Å². The summed E-state index contributed by atoms with van der Waals surface area (Å²) in [6, 6.07) is 6.81. The molecular formula is C10H8N2O3. The van der Waals surface area contributed by atoms with Crippen molar-refractivity contribution in [3.63, 3.8) is 0 Å². The smallest absolute Gasteiger partial charge is 0.408 e. The van der Waals surface area contributed by atoms with E-state index in [4.69, 9.17) is 14.8 Å². The van der Waals surface area contributed by atoms with Crippen molar-refractivity contribution in [2.24, 2.45) is 0 Å². The van der Waals surface area contributed by atoms with Crippen molar-refractivity contribution < 1.29 is 9.52 Å². The van der Waals surface area contributed by atoms with Crippen LogP contribution in [0.3, 0.4) is 0 Å². The van der Waals surface area contributed by atoms with Crippen molar-refractivity contribution in [2.45, 2.75) is 13.2 Å². The Morgan fingerprint density at radius 2 is 2.33 bits per heavy atom. The highest BCUT2D eigenvalue weighted by Gasteiger charge is 2.08. The summed E-state index contributed by atoms with van der Waals surface area (Å²) < 4.78 is 6.19. The third-order valence-corrected chi connectivity index (χ3v) is 2.14. The van der Waals surface area contributed by atoms with Gasteiger partial charge in [0, 0.05) is 0 Å². The molecule has 1 heterocycles. The minimum absolute atomic E-state index is 0.0374. The maximum absolute atomic E-state index is 11.3. The second kappa shape index (κ2) is 3.59. The second-order valence-corrected chi connectivity index (χ2v) is 3.07. The molecule has 0 aliphatic carbocycles. The summed E-state index contributed by atoms with van der Waals surface area (Å²) in [6.45, 7) is -0.145. The largest absolute Gasteiger partial charge is 0.420 e. The number of benzene rings is 1. The van der Waals surface area contributed by atoms with Crippen molar-refractivity contribution in [3.8, 4) is 6.07 Å². The molecule has 1 aromatic heterocycles. The Bertz CT molecular complexity index is 589. The molecule has 5 heteroatoms. The number of aliphatic hydroxyl groups is 1. The maximum Gasteiger partial charge on any atom is 0.420 e. The first-order valence-corrected chi connectivity index (χ1v) is 4.36. The molecule has 0 aliphatic heterocycles. The summed E-state index contributed by atoms with van der Waals surface area (Å²) >= 11 is 0. The molecule has 15 heavy (non-hydrogen) atoms. The lowest BCUT2D eigenvalue weighted by Gasteiger charge is -1.96. The molecule has 2 aromatic rings. The lowest BCUT2D eigenvalue weighted by atomic mass is 10.2. The summed E-state index contributed by atoms with van der Waals surface area (Å²) in [6.07, 6.45) is 0. The first kappa shape index (κ1) is 9.49. The van der Waals surface area contributed by atoms with Gasteiger partial charge in [0.1, 0.15) is 6.54 Å². The number of rotatable bonds is 2. The zero-order valence-electron chi connectivity index (χ0n) is 7.80. The lowest BCUT2D eigenvalue weighted by Crippen LogP contribution is -2.12. The van der Waals surface area contributed by atoms with Crippen LogP contribution in [0.15, 0.2) is 27.4 Å². The molecule has 5 nitrogen and oxygen atoms in total. The normalized spacial score (nSPS) is 10.4. The Balaban J connectivity index is 2.69. The van der Waals surface area contributed by atoms with Gasteiger partial charge in [0.05, 0.1) is 18.2 Å². The SMILES string of the molecule is N#CCn1c(=O)oc2cc(CO)ccc21. The second-order valence-electron chi connectivity index (χ2n) is 3.07. The Labute approximate surface area is 84.8 Å². The quantitative estimate of drug-likeness (QED) is 0.777. The molecule has 0 spiro atoms. The summed E-state index contributed by atoms with van der Waals surface area (Å²) in [4.78, 5) is 11.3. The summed E-state index contributed by atoms with van der Waals surface area (Å²) in [5.74, 6) is -0.554. The van der Waals surface area contributed by atoms with Crippen LogP contribution in [0.2, 0.25) is 0 Å². The predicted octanol–water partition coefficient (Wildman–Crippen LogP) is 0.610. The van der Waals surface area contributed by atoms with Crippen LogP contribution < -0.4 is 5.76 Å². The molecule has 2 rings (SSSR count). The van der Waals surface area contributed by atoms with Crippen LogP contribution in [0.25, 0.3) is 11.1 Å². The van der Waals surface area contributed by atoms with Crippen LogP contribution in [-0.4, -0.2) is 9.67 Å². The zero-order valence-corrected chi connectivity index (χ0v) is 7.80. The van der Waals surface area contributed by atoms with E-state index in [0.29, 0.717) is 16.7 Å². The number of hydrogen-bond donors (Lipinski definition) is 1. The van der Waals surface area contributed by atoms with E-state index in [9.17, 15) is 4.79 Å². The van der Waals surface area contributed by atoms with Gasteiger partial charge in [-0.2, -0.15) is 5.26 Å². The van der Waals surface area contributed by atoms with Crippen LogP contribution in [-0.2, 0) is 13.2 Å². The number of aromatic nitrogens is 1. The average Bonchev–Trinajstić information content (AvgIpc) is 2.55. The van der Waals surface area contributed by atoms with Gasteiger partial charge in [-0.15, -0.1) is 0 Å². The Hall–Kier alpha value is -2.06. The highest BCUT2D eigenvalue weighted by Crippen LogP contribution is 2.14. The van der Waals surface area contributed by atoms with Gasteiger partial charge in [-0.25, -0.2) is 4.79 Å². The number of aliphatic hydroxyl groups excluding tert-OH is 1. The topological polar surface area (TPSA) is 79.2 Å². The third kappa shape index (κ3) is 1.51. The van der Waals surface area contributed by atoms with Crippen molar-refractivity contribution in [1.82, 2.24) is 4.57 Å². The molecular weight excluding hydrogens is 196 g/mol. The molecule has 0 saturated carbocycles. The summed E-state index contributed by atoms with van der Waals surface area (Å²) in [5.41, 5.74) is 1.63. The van der Waals surface area contributed by atoms with Gasteiger partial charge in [0.2, 0.25) is 0 Å². The van der Waals surface area contributed by atoms with E-state index in [-0.39, 0.29) is 13.2 Å². The van der Waals surface area contributed by atoms with E-state index in [1.165, 1.54) is 4.57 Å². The fourth-order valence-electron chi connectivity index (χ4n) is 1.43. The van der Waals surface area contributed by atoms with Crippen LogP contribution in [0, 0.1) is 11.3 Å². The van der Waals surface area contributed by atoms with Crippen LogP contribution in [0.5, 0.6) is 0 Å². The summed E-state index contributed by atoms with van der Waals surface area (Å²) in [5, 5.41) is 17.4. The molecule has 1 aromatic carbocycles. The van der Waals surface area contributed by atoms with Gasteiger partial charge in [-0.1, -0.05) is 6.07 Å². The van der Waals surface area contributed by atoms with Gasteiger partial charge in [-0.3, -0.25) is 4.57 Å². The lowest BCUT2D eigenvalue weighted by molar-refractivity contribution is 0.282. The maximum atomic E-state index is 11.3. The summed E-state index contributed by atoms with van der Waals surface area (Å²) in [7, 11) is 0. The highest BCUT2D eigenvalue weighted by molar-refractivity contribution is 5.73. The first-order valence-electron chi connectivity index (χ1n) is 4.36. The Morgan fingerprint density at radius 1 is 1.53 bits per heavy atom. The molecule has 0 saturated heterocycles. The molecule has 1 N–H and O–H groups in total. The number of nitriles is 1. The van der Waals surface area contributed by atoms with Gasteiger partial charge in [0.25, 0.3) is 0 Å². The fraction of sp³-hybridized carbons (Fsp3) is 0.200. The van der Waals surface area contributed by atoms with Crippen molar-refractivity contribution in [1.29, 1.82) is 5.26 Å². The molecule has 0 atom stereocenters. The monoisotopic (exact) mass is 204 g/mol. The number of oxazole rings is 1. The molecule has 0 aliphatic rings. The van der Waals surface area contributed by atoms with Crippen LogP contribution in [0.1, 0.15) is 5.56 Å². The van der Waals surface area contributed by atoms with Crippen molar-refractivity contribution >= 4 is 11.1 Å². The standard InChI is InChI=1S/C10H8N2O3/c11-3-4-12-8-2-1-7(6-13)5-9(8)15-10(12)14/h1-2,5,13H,4,6H2. The number of hydrogen-bond acceptors (Lipinski definition) is 4. The van der Waals surface area contributed by atoms with Crippen molar-refractivity contribution in [2.75, 3.05) is 0 Å². The molecule has 76 valence electrons. The van der Waals surface area contributed by atoms with E-state index < -0.39 is 5.76 Å². The van der Waals surface area contributed by atoms with E-state index in [0.717, 1.165) is 0 Å². The molecule has 0 amide bonds. The van der Waals surface area contributed by atoms with E-state index in [1.807, 2.05) is 6.07 Å². The fourth-order valence-corrected chi connectivity index (χ4v) is 1.43. The van der Waals surface area contributed by atoms with Gasteiger partial charge in [-0.05, 0) is 17.7 Å². The van der Waals surface area contributed by atoms with E-state index >= 15 is 0 Å². The minimum atomic E-state index is -0.554. The zero-order chi connectivity index (χ0) is 10.8. The van der Waals surface area contributed by atoms with Crippen LogP contribution >= 0.6 is 0 Å². The van der Waals surface area contributed by atoms with E-state index in [2.05, 4.69) is 0 Å². The number of nitrogens with zero attached hydrogens (tertiary/aromatic N) is 2. The van der Waals surface area contributed by atoms with Gasteiger partial charge < -0.3 is 9.52 Å². The highest BCUT2D eigenvalue weighted by atomic mass is 16.4. The molecule has 0 bridgehead atoms. The average molecular weight is 204 g/mol. The van der Waals surface area contributed by atoms with Gasteiger partial charge >= 0.3 is 5.76 Å². The third-order valence-electron chi connectivity index (χ3n) is 2.14. The van der Waals surface area contributed by atoms with Crippen LogP contribution in [0.4, 0.5) is 0 Å². The Morgan fingerprint density at radius 3 is 3.00 bits per heavy atom. The van der Waals surface area contributed by atoms with E-state index in [1.54, 1.807) is 18.2 Å². The number of fused-ring (bicyclic) bond motifs is 1. The predicted molar refractivity (Wildman–Crippen MR) is 52.0 cm³/mol. The minimum Gasteiger partial charge on any atom is -0.408 e. The van der Waals surface area contributed by atoms with Gasteiger partial charge in [0.15, 0.2) is 5.58 Å². The molecule has 0 unspecified atom stereocenters. The molecule has 0 radical (unpaired) electrons.